The summed E-state index contributed by atoms with van der Waals surface area (Å²) in [6.07, 6.45) is 2.26. The van der Waals surface area contributed by atoms with Gasteiger partial charge in [0.05, 0.1) is 26.4 Å². The van der Waals surface area contributed by atoms with E-state index in [4.69, 9.17) is 9.47 Å². The van der Waals surface area contributed by atoms with Crippen molar-refractivity contribution in [1.82, 2.24) is 4.90 Å². The highest BCUT2D eigenvalue weighted by atomic mass is 16.5. The monoisotopic (exact) mass is 261 g/mol. The Labute approximate surface area is 115 Å². The lowest BCUT2D eigenvalue weighted by Gasteiger charge is -2.25. The Morgan fingerprint density at radius 1 is 1.26 bits per heavy atom. The number of hydrogen-bond donors (Lipinski definition) is 0. The van der Waals surface area contributed by atoms with Crippen LogP contribution in [0.4, 0.5) is 0 Å². The summed E-state index contributed by atoms with van der Waals surface area (Å²) in [5.74, 6) is 0. The molecule has 0 N–H and O–H groups in total. The predicted molar refractivity (Wildman–Crippen MR) is 77.1 cm³/mol. The number of morpholine rings is 1. The smallest absolute Gasteiger partial charge is 0.0721 e. The molecule has 0 amide bonds. The predicted octanol–water partition coefficient (Wildman–Crippen LogP) is 2.48. The van der Waals surface area contributed by atoms with Crippen molar-refractivity contribution in [3.8, 4) is 0 Å². The maximum Gasteiger partial charge on any atom is 0.0721 e. The SMILES string of the molecule is CC(=CCN1CCOCC1)COCc1ccccc1. The van der Waals surface area contributed by atoms with Crippen molar-refractivity contribution in [2.75, 3.05) is 39.5 Å². The van der Waals surface area contributed by atoms with Gasteiger partial charge in [0, 0.05) is 19.6 Å². The molecule has 1 aromatic rings. The van der Waals surface area contributed by atoms with E-state index in [0.717, 1.165) is 32.8 Å². The van der Waals surface area contributed by atoms with E-state index < -0.39 is 0 Å². The molecule has 0 aliphatic carbocycles. The Morgan fingerprint density at radius 3 is 2.74 bits per heavy atom. The summed E-state index contributed by atoms with van der Waals surface area (Å²) in [6.45, 7) is 8.32. The first kappa shape index (κ1) is 14.3. The first-order valence-corrected chi connectivity index (χ1v) is 6.92. The Kier molecular flexibility index (Phi) is 6.08. The summed E-state index contributed by atoms with van der Waals surface area (Å²) in [4.78, 5) is 2.41. The maximum atomic E-state index is 5.71. The molecule has 0 saturated carbocycles. The average molecular weight is 261 g/mol. The van der Waals surface area contributed by atoms with E-state index in [2.05, 4.69) is 30.0 Å². The standard InChI is InChI=1S/C16H23NO2/c1-15(7-8-17-9-11-18-12-10-17)13-19-14-16-5-3-2-4-6-16/h2-7H,8-14H2,1H3. The van der Waals surface area contributed by atoms with Gasteiger partial charge in [-0.05, 0) is 12.5 Å². The fourth-order valence-corrected chi connectivity index (χ4v) is 2.03. The third kappa shape index (κ3) is 5.55. The van der Waals surface area contributed by atoms with Gasteiger partial charge >= 0.3 is 0 Å². The molecule has 1 aliphatic rings. The molecule has 19 heavy (non-hydrogen) atoms. The van der Waals surface area contributed by atoms with Crippen LogP contribution in [0.1, 0.15) is 12.5 Å². The molecule has 2 rings (SSSR count). The lowest BCUT2D eigenvalue weighted by Crippen LogP contribution is -2.36. The molecule has 0 atom stereocenters. The zero-order valence-corrected chi connectivity index (χ0v) is 11.7. The number of rotatable bonds is 6. The van der Waals surface area contributed by atoms with Crippen molar-refractivity contribution in [2.45, 2.75) is 13.5 Å². The van der Waals surface area contributed by atoms with Crippen LogP contribution >= 0.6 is 0 Å². The minimum absolute atomic E-state index is 0.684. The fraction of sp³-hybridized carbons (Fsp3) is 0.500. The molecule has 0 aromatic heterocycles. The van der Waals surface area contributed by atoms with Gasteiger partial charge in [0.1, 0.15) is 0 Å². The summed E-state index contributed by atoms with van der Waals surface area (Å²) >= 11 is 0. The van der Waals surface area contributed by atoms with E-state index >= 15 is 0 Å². The van der Waals surface area contributed by atoms with E-state index in [1.807, 2.05) is 18.2 Å². The van der Waals surface area contributed by atoms with Crippen molar-refractivity contribution in [1.29, 1.82) is 0 Å². The molecule has 1 heterocycles. The van der Waals surface area contributed by atoms with Gasteiger partial charge in [-0.2, -0.15) is 0 Å². The Balaban J connectivity index is 1.64. The third-order valence-electron chi connectivity index (χ3n) is 3.24. The molecule has 0 unspecified atom stereocenters. The largest absolute Gasteiger partial charge is 0.379 e. The molecule has 3 heteroatoms. The molecule has 104 valence electrons. The van der Waals surface area contributed by atoms with Gasteiger partial charge in [0.2, 0.25) is 0 Å². The van der Waals surface area contributed by atoms with Crippen LogP contribution in [0.25, 0.3) is 0 Å². The third-order valence-corrected chi connectivity index (χ3v) is 3.24. The second-order valence-electron chi connectivity index (χ2n) is 4.94. The number of ether oxygens (including phenoxy) is 2. The van der Waals surface area contributed by atoms with Gasteiger partial charge in [0.25, 0.3) is 0 Å². The average Bonchev–Trinajstić information content (AvgIpc) is 2.47. The molecule has 1 aliphatic heterocycles. The fourth-order valence-electron chi connectivity index (χ4n) is 2.03. The molecule has 0 spiro atoms. The van der Waals surface area contributed by atoms with Crippen LogP contribution in [0, 0.1) is 0 Å². The highest BCUT2D eigenvalue weighted by Gasteiger charge is 2.08. The zero-order valence-electron chi connectivity index (χ0n) is 11.7. The summed E-state index contributed by atoms with van der Waals surface area (Å²) in [5.41, 5.74) is 2.52. The topological polar surface area (TPSA) is 21.7 Å². The molecule has 3 nitrogen and oxygen atoms in total. The Hall–Kier alpha value is -1.16. The van der Waals surface area contributed by atoms with Crippen LogP contribution in [0.2, 0.25) is 0 Å². The first-order valence-electron chi connectivity index (χ1n) is 6.92. The molecule has 1 aromatic carbocycles. The molecular formula is C16H23NO2. The van der Waals surface area contributed by atoms with Gasteiger partial charge in [-0.1, -0.05) is 42.0 Å². The van der Waals surface area contributed by atoms with Crippen LogP contribution < -0.4 is 0 Å². The highest BCUT2D eigenvalue weighted by Crippen LogP contribution is 2.04. The lowest BCUT2D eigenvalue weighted by molar-refractivity contribution is 0.0432. The van der Waals surface area contributed by atoms with Crippen molar-refractivity contribution >= 4 is 0 Å². The number of nitrogens with zero attached hydrogens (tertiary/aromatic N) is 1. The summed E-state index contributed by atoms with van der Waals surface area (Å²) in [5, 5.41) is 0. The van der Waals surface area contributed by atoms with E-state index in [9.17, 15) is 0 Å². The van der Waals surface area contributed by atoms with Crippen molar-refractivity contribution in [2.24, 2.45) is 0 Å². The number of benzene rings is 1. The summed E-state index contributed by atoms with van der Waals surface area (Å²) in [6, 6.07) is 10.3. The molecule has 0 bridgehead atoms. The molecular weight excluding hydrogens is 238 g/mol. The summed E-state index contributed by atoms with van der Waals surface area (Å²) in [7, 11) is 0. The van der Waals surface area contributed by atoms with Gasteiger partial charge in [-0.25, -0.2) is 0 Å². The second-order valence-corrected chi connectivity index (χ2v) is 4.94. The quantitative estimate of drug-likeness (QED) is 0.734. The van der Waals surface area contributed by atoms with E-state index in [-0.39, 0.29) is 0 Å². The maximum absolute atomic E-state index is 5.71. The van der Waals surface area contributed by atoms with E-state index in [0.29, 0.717) is 13.2 Å². The first-order chi connectivity index (χ1) is 9.34. The summed E-state index contributed by atoms with van der Waals surface area (Å²) < 4.78 is 11.0. The Morgan fingerprint density at radius 2 is 2.00 bits per heavy atom. The number of hydrogen-bond acceptors (Lipinski definition) is 3. The van der Waals surface area contributed by atoms with Crippen LogP contribution in [0.3, 0.4) is 0 Å². The van der Waals surface area contributed by atoms with Gasteiger partial charge in [-0.3, -0.25) is 4.90 Å². The van der Waals surface area contributed by atoms with Crippen LogP contribution in [-0.4, -0.2) is 44.4 Å². The highest BCUT2D eigenvalue weighted by molar-refractivity contribution is 5.13. The lowest BCUT2D eigenvalue weighted by atomic mass is 10.2. The van der Waals surface area contributed by atoms with Crippen LogP contribution in [-0.2, 0) is 16.1 Å². The molecule has 1 fully saturated rings. The minimum atomic E-state index is 0.684. The van der Waals surface area contributed by atoms with E-state index in [1.54, 1.807) is 0 Å². The van der Waals surface area contributed by atoms with Gasteiger partial charge in [0.15, 0.2) is 0 Å². The van der Waals surface area contributed by atoms with Gasteiger partial charge < -0.3 is 9.47 Å². The molecule has 1 saturated heterocycles. The zero-order chi connectivity index (χ0) is 13.3. The van der Waals surface area contributed by atoms with Crippen molar-refractivity contribution < 1.29 is 9.47 Å². The van der Waals surface area contributed by atoms with E-state index in [1.165, 1.54) is 11.1 Å². The van der Waals surface area contributed by atoms with Gasteiger partial charge in [-0.15, -0.1) is 0 Å². The van der Waals surface area contributed by atoms with Crippen LogP contribution in [0.5, 0.6) is 0 Å². The molecule has 0 radical (unpaired) electrons. The Bertz CT molecular complexity index is 383. The van der Waals surface area contributed by atoms with Crippen LogP contribution in [0.15, 0.2) is 42.0 Å². The van der Waals surface area contributed by atoms with Crippen molar-refractivity contribution in [3.05, 3.63) is 47.5 Å². The van der Waals surface area contributed by atoms with Crippen molar-refractivity contribution in [3.63, 3.8) is 0 Å². The second kappa shape index (κ2) is 8.10. The normalized spacial score (nSPS) is 17.6. The minimum Gasteiger partial charge on any atom is -0.379 e.